The van der Waals surface area contributed by atoms with Gasteiger partial charge in [0.2, 0.25) is 11.7 Å². The number of carbonyl (C=O) groups excluding carboxylic acids is 1. The number of nitrogens with zero attached hydrogens (tertiary/aromatic N) is 5. The van der Waals surface area contributed by atoms with Gasteiger partial charge >= 0.3 is 12.4 Å². The molecule has 9 nitrogen and oxygen atoms in total. The molecule has 31 heavy (non-hydrogen) atoms. The molecule has 0 radical (unpaired) electrons. The van der Waals surface area contributed by atoms with Crippen LogP contribution < -0.4 is 5.56 Å². The van der Waals surface area contributed by atoms with Crippen LogP contribution in [0.2, 0.25) is 0 Å². The van der Waals surface area contributed by atoms with Gasteiger partial charge in [-0.1, -0.05) is 0 Å². The van der Waals surface area contributed by atoms with Crippen molar-refractivity contribution in [3.05, 3.63) is 39.3 Å². The zero-order chi connectivity index (χ0) is 23.0. The Morgan fingerprint density at radius 1 is 1.19 bits per heavy atom. The van der Waals surface area contributed by atoms with E-state index < -0.39 is 41.3 Å². The fourth-order valence-corrected chi connectivity index (χ4v) is 2.99. The molecule has 1 N–H and O–H groups in total. The van der Waals surface area contributed by atoms with Crippen molar-refractivity contribution in [2.45, 2.75) is 44.9 Å². The highest BCUT2D eigenvalue weighted by Crippen LogP contribution is 2.30. The minimum atomic E-state index is -4.86. The number of hydrogen-bond donors (Lipinski definition) is 1. The van der Waals surface area contributed by atoms with Crippen LogP contribution in [0, 0.1) is 0 Å². The number of fused-ring (bicyclic) bond motifs is 1. The summed E-state index contributed by atoms with van der Waals surface area (Å²) in [6, 6.07) is 0.570. The van der Waals surface area contributed by atoms with Gasteiger partial charge in [0.05, 0.1) is 31.4 Å². The summed E-state index contributed by atoms with van der Waals surface area (Å²) in [6.07, 6.45) is -10.6. The maximum atomic E-state index is 12.9. The number of hydrogen-bond acceptors (Lipinski definition) is 6. The molecule has 0 spiro atoms. The molecule has 2 aromatic rings. The normalized spacial score (nSPS) is 15.6. The van der Waals surface area contributed by atoms with Gasteiger partial charge in [0.25, 0.3) is 5.56 Å². The lowest BCUT2D eigenvalue weighted by Crippen LogP contribution is -2.39. The molecule has 3 rings (SSSR count). The van der Waals surface area contributed by atoms with E-state index in [9.17, 15) is 35.9 Å². The molecule has 1 aliphatic rings. The van der Waals surface area contributed by atoms with Crippen LogP contribution in [0.15, 0.2) is 10.9 Å². The molecule has 1 unspecified atom stereocenters. The monoisotopic (exact) mass is 454 g/mol. The van der Waals surface area contributed by atoms with Crippen molar-refractivity contribution in [3.63, 3.8) is 0 Å². The minimum absolute atomic E-state index is 0.00154. The van der Waals surface area contributed by atoms with Gasteiger partial charge in [-0.25, -0.2) is 5.10 Å². The third-order valence-corrected chi connectivity index (χ3v) is 4.59. The Kier molecular flexibility index (Phi) is 6.07. The third kappa shape index (κ3) is 5.03. The molecule has 170 valence electrons. The zero-order valence-corrected chi connectivity index (χ0v) is 15.9. The standard InChI is InChI=1S/C16H16F6N6O3/c1-8(10-6-9(15(17,18)19)13(30)25-23-10)31-5-2-12(29)27-3-4-28-11(7-27)24-26-14(28)16(20,21)22/h6,8H,2-5,7H2,1H3,(H,25,30). The second-order valence-electron chi connectivity index (χ2n) is 6.70. The van der Waals surface area contributed by atoms with Crippen LogP contribution in [0.3, 0.4) is 0 Å². The Hall–Kier alpha value is -2.97. The molecule has 0 fully saturated rings. The number of alkyl halides is 6. The van der Waals surface area contributed by atoms with Crippen LogP contribution in [-0.4, -0.2) is 48.9 Å². The summed E-state index contributed by atoms with van der Waals surface area (Å²) in [4.78, 5) is 24.9. The molecule has 15 heteroatoms. The van der Waals surface area contributed by atoms with E-state index in [0.29, 0.717) is 6.07 Å². The third-order valence-electron chi connectivity index (χ3n) is 4.59. The maximum Gasteiger partial charge on any atom is 0.451 e. The van der Waals surface area contributed by atoms with Crippen LogP contribution in [0.4, 0.5) is 26.3 Å². The Balaban J connectivity index is 1.55. The van der Waals surface area contributed by atoms with Gasteiger partial charge < -0.3 is 14.2 Å². The van der Waals surface area contributed by atoms with Crippen molar-refractivity contribution in [1.82, 2.24) is 29.9 Å². The number of amides is 1. The molecule has 0 saturated carbocycles. The van der Waals surface area contributed by atoms with Crippen molar-refractivity contribution in [3.8, 4) is 0 Å². The zero-order valence-electron chi connectivity index (χ0n) is 15.9. The number of carbonyl (C=O) groups is 1. The predicted molar refractivity (Wildman–Crippen MR) is 89.3 cm³/mol. The summed E-state index contributed by atoms with van der Waals surface area (Å²) < 4.78 is 83.2. The van der Waals surface area contributed by atoms with E-state index >= 15 is 0 Å². The van der Waals surface area contributed by atoms with Crippen molar-refractivity contribution in [2.24, 2.45) is 0 Å². The topological polar surface area (TPSA) is 106 Å². The van der Waals surface area contributed by atoms with Gasteiger partial charge in [-0.15, -0.1) is 10.2 Å². The number of halogens is 6. The second kappa shape index (κ2) is 8.28. The highest BCUT2D eigenvalue weighted by Gasteiger charge is 2.40. The Labute approximate surface area is 170 Å². The highest BCUT2D eigenvalue weighted by molar-refractivity contribution is 5.76. The van der Waals surface area contributed by atoms with E-state index in [2.05, 4.69) is 15.3 Å². The smallest absolute Gasteiger partial charge is 0.372 e. The van der Waals surface area contributed by atoms with Crippen LogP contribution in [0.5, 0.6) is 0 Å². The Morgan fingerprint density at radius 2 is 1.90 bits per heavy atom. The fourth-order valence-electron chi connectivity index (χ4n) is 2.99. The van der Waals surface area contributed by atoms with Crippen molar-refractivity contribution >= 4 is 5.91 Å². The summed E-state index contributed by atoms with van der Waals surface area (Å²) in [5, 5.41) is 11.9. The van der Waals surface area contributed by atoms with E-state index in [1.54, 1.807) is 5.10 Å². The molecular weight excluding hydrogens is 438 g/mol. The van der Waals surface area contributed by atoms with E-state index in [4.69, 9.17) is 4.74 Å². The van der Waals surface area contributed by atoms with Gasteiger partial charge in [-0.05, 0) is 13.0 Å². The lowest BCUT2D eigenvalue weighted by Gasteiger charge is -2.28. The van der Waals surface area contributed by atoms with Crippen molar-refractivity contribution in [2.75, 3.05) is 13.2 Å². The van der Waals surface area contributed by atoms with Crippen molar-refractivity contribution in [1.29, 1.82) is 0 Å². The molecular formula is C16H16F6N6O3. The van der Waals surface area contributed by atoms with Crippen molar-refractivity contribution < 1.29 is 35.9 Å². The molecule has 1 aliphatic heterocycles. The molecule has 0 bridgehead atoms. The lowest BCUT2D eigenvalue weighted by molar-refractivity contribution is -0.148. The number of ether oxygens (including phenoxy) is 1. The Bertz CT molecular complexity index is 1010. The number of nitrogens with one attached hydrogen (secondary N) is 1. The minimum Gasteiger partial charge on any atom is -0.372 e. The first-order chi connectivity index (χ1) is 14.4. The first-order valence-electron chi connectivity index (χ1n) is 8.93. The number of aromatic nitrogens is 5. The van der Waals surface area contributed by atoms with Gasteiger partial charge in [0, 0.05) is 13.1 Å². The average molecular weight is 454 g/mol. The largest absolute Gasteiger partial charge is 0.451 e. The number of aromatic amines is 1. The van der Waals surface area contributed by atoms with Crippen LogP contribution in [0.25, 0.3) is 0 Å². The average Bonchev–Trinajstić information content (AvgIpc) is 3.10. The van der Waals surface area contributed by atoms with E-state index in [1.165, 1.54) is 11.8 Å². The highest BCUT2D eigenvalue weighted by atomic mass is 19.4. The summed E-state index contributed by atoms with van der Waals surface area (Å²) in [6.45, 7) is 0.945. The van der Waals surface area contributed by atoms with Gasteiger partial charge in [-0.2, -0.15) is 31.4 Å². The molecule has 1 atom stereocenters. The Morgan fingerprint density at radius 3 is 2.55 bits per heavy atom. The van der Waals surface area contributed by atoms with E-state index in [0.717, 1.165) is 4.57 Å². The molecule has 0 aromatic carbocycles. The van der Waals surface area contributed by atoms with Crippen LogP contribution in [0.1, 0.15) is 42.4 Å². The maximum absolute atomic E-state index is 12.9. The molecule has 3 heterocycles. The summed E-state index contributed by atoms with van der Waals surface area (Å²) >= 11 is 0. The fraction of sp³-hybridized carbons (Fsp3) is 0.562. The summed E-state index contributed by atoms with van der Waals surface area (Å²) in [5.74, 6) is -1.56. The second-order valence-corrected chi connectivity index (χ2v) is 6.70. The van der Waals surface area contributed by atoms with Gasteiger partial charge in [0.1, 0.15) is 5.56 Å². The quantitative estimate of drug-likeness (QED) is 0.692. The number of rotatable bonds is 5. The lowest BCUT2D eigenvalue weighted by atomic mass is 10.2. The van der Waals surface area contributed by atoms with Crippen LogP contribution in [-0.2, 0) is 35.0 Å². The SMILES string of the molecule is CC(OCCC(=O)N1CCn2c(nnc2C(F)(F)F)C1)c1cc(C(F)(F)F)c(=O)[nH]n1. The van der Waals surface area contributed by atoms with Gasteiger partial charge in [-0.3, -0.25) is 9.59 Å². The summed E-state index contributed by atoms with van der Waals surface area (Å²) in [5.41, 5.74) is -2.98. The molecule has 0 aliphatic carbocycles. The first kappa shape index (κ1) is 22.7. The van der Waals surface area contributed by atoms with Gasteiger partial charge in [0.15, 0.2) is 5.82 Å². The van der Waals surface area contributed by atoms with E-state index in [-0.39, 0.29) is 44.2 Å². The molecule has 2 aromatic heterocycles. The van der Waals surface area contributed by atoms with E-state index in [1.807, 2.05) is 0 Å². The molecule has 0 saturated heterocycles. The number of H-pyrrole nitrogens is 1. The van der Waals surface area contributed by atoms with Crippen LogP contribution >= 0.6 is 0 Å². The first-order valence-corrected chi connectivity index (χ1v) is 8.93. The molecule has 1 amide bonds. The summed E-state index contributed by atoms with van der Waals surface area (Å²) in [7, 11) is 0. The predicted octanol–water partition coefficient (Wildman–Crippen LogP) is 1.91.